The zero-order chi connectivity index (χ0) is 21.5. The molecule has 0 aliphatic carbocycles. The molecule has 1 aromatic carbocycles. The molecule has 1 aliphatic heterocycles. The van der Waals surface area contributed by atoms with Crippen molar-refractivity contribution >= 4 is 12.2 Å². The fourth-order valence-electron chi connectivity index (χ4n) is 2.80. The molecule has 3 rings (SSSR count). The van der Waals surface area contributed by atoms with E-state index in [9.17, 15) is 17.6 Å². The smallest absolute Gasteiger partial charge is 0.227 e. The number of ether oxygens (including phenoxy) is 1. The highest BCUT2D eigenvalue weighted by Crippen LogP contribution is 2.21. The van der Waals surface area contributed by atoms with Crippen LogP contribution in [-0.2, 0) is 6.61 Å². The number of hydrogen-bond donors (Lipinski definition) is 4. The Morgan fingerprint density at radius 1 is 1.13 bits per heavy atom. The molecule has 2 heterocycles. The fourth-order valence-corrected chi connectivity index (χ4v) is 2.80. The van der Waals surface area contributed by atoms with Crippen molar-refractivity contribution in [1.29, 1.82) is 5.41 Å². The molecule has 1 aromatic heterocycles. The van der Waals surface area contributed by atoms with Crippen molar-refractivity contribution in [3.8, 4) is 5.75 Å². The minimum absolute atomic E-state index is 0.0391. The Morgan fingerprint density at radius 3 is 2.37 bits per heavy atom. The van der Waals surface area contributed by atoms with Gasteiger partial charge in [0, 0.05) is 24.5 Å². The van der Waals surface area contributed by atoms with Crippen LogP contribution in [0.25, 0.3) is 0 Å². The molecule has 1 aliphatic rings. The van der Waals surface area contributed by atoms with Crippen LogP contribution in [0.4, 0.5) is 23.5 Å². The summed E-state index contributed by atoms with van der Waals surface area (Å²) < 4.78 is 58.9. The summed E-state index contributed by atoms with van der Waals surface area (Å²) in [5, 5.41) is 16.8. The second-order valence-corrected chi connectivity index (χ2v) is 6.54. The Balaban J connectivity index is 1.59. The topological polar surface area (TPSA) is 95.0 Å². The molecular weight excluding hydrogens is 404 g/mol. The summed E-state index contributed by atoms with van der Waals surface area (Å²) in [5.74, 6) is -5.85. The van der Waals surface area contributed by atoms with E-state index >= 15 is 0 Å². The largest absolute Gasteiger partial charge is 0.485 e. The molecule has 0 radical (unpaired) electrons. The van der Waals surface area contributed by atoms with Gasteiger partial charge in [-0.1, -0.05) is 0 Å². The number of nitrogens with zero attached hydrogens (tertiary/aromatic N) is 2. The highest BCUT2D eigenvalue weighted by atomic mass is 19.2. The van der Waals surface area contributed by atoms with E-state index in [0.717, 1.165) is 32.1 Å². The number of anilines is 1. The van der Waals surface area contributed by atoms with Crippen molar-refractivity contribution in [2.45, 2.75) is 25.5 Å². The maximum atomic E-state index is 13.7. The fraction of sp³-hybridized carbons (Fsp3) is 0.316. The van der Waals surface area contributed by atoms with Crippen molar-refractivity contribution in [1.82, 2.24) is 20.6 Å². The van der Waals surface area contributed by atoms with Gasteiger partial charge in [-0.05, 0) is 25.9 Å². The summed E-state index contributed by atoms with van der Waals surface area (Å²) in [5.41, 5.74) is -0.436. The minimum Gasteiger partial charge on any atom is -0.485 e. The van der Waals surface area contributed by atoms with Gasteiger partial charge in [-0.25, -0.2) is 27.5 Å². The van der Waals surface area contributed by atoms with Gasteiger partial charge >= 0.3 is 0 Å². The van der Waals surface area contributed by atoms with Crippen molar-refractivity contribution in [2.24, 2.45) is 0 Å². The quantitative estimate of drug-likeness (QED) is 0.296. The lowest BCUT2D eigenvalue weighted by Crippen LogP contribution is -2.38. The summed E-state index contributed by atoms with van der Waals surface area (Å²) >= 11 is 0. The molecule has 7 nitrogen and oxygen atoms in total. The number of aromatic nitrogens is 2. The second-order valence-electron chi connectivity index (χ2n) is 6.54. The Kier molecular flexibility index (Phi) is 7.17. The molecular formula is C19H20F4N6O. The monoisotopic (exact) mass is 424 g/mol. The first-order valence-electron chi connectivity index (χ1n) is 9.19. The molecule has 0 atom stereocenters. The molecule has 0 unspecified atom stereocenters. The molecule has 2 aromatic rings. The normalized spacial score (nSPS) is 15.0. The molecule has 4 N–H and O–H groups in total. The number of nitrogens with one attached hydrogen (secondary N) is 4. The summed E-state index contributed by atoms with van der Waals surface area (Å²) in [6.45, 7) is 1.12. The summed E-state index contributed by atoms with van der Waals surface area (Å²) in [6.07, 6.45) is 7.17. The van der Waals surface area contributed by atoms with Crippen LogP contribution in [0.3, 0.4) is 0 Å². The number of hydrogen-bond acceptors (Lipinski definition) is 7. The first kappa shape index (κ1) is 21.5. The van der Waals surface area contributed by atoms with Crippen molar-refractivity contribution in [3.63, 3.8) is 0 Å². The van der Waals surface area contributed by atoms with Crippen LogP contribution in [0, 0.1) is 28.7 Å². The van der Waals surface area contributed by atoms with Crippen molar-refractivity contribution in [3.05, 3.63) is 59.2 Å². The van der Waals surface area contributed by atoms with Crippen LogP contribution in [0.1, 0.15) is 18.4 Å². The van der Waals surface area contributed by atoms with Gasteiger partial charge in [0.05, 0.1) is 23.7 Å². The maximum Gasteiger partial charge on any atom is 0.227 e. The zero-order valence-electron chi connectivity index (χ0n) is 15.8. The standard InChI is InChI=1S/C19H20F4N6O/c20-15-5-16(21)18(23)14(17(15)22)10-30-13-8-27-19(28-9-13)29-12(6-24)7-26-11-1-3-25-4-2-11/h5-9,11,24-26H,1-4,10H2,(H,27,28,29)/b12-7+,24-6?. The zero-order valence-corrected chi connectivity index (χ0v) is 15.8. The van der Waals surface area contributed by atoms with Gasteiger partial charge in [0.2, 0.25) is 5.95 Å². The number of halogens is 4. The van der Waals surface area contributed by atoms with Crippen LogP contribution in [-0.4, -0.2) is 35.3 Å². The molecule has 160 valence electrons. The van der Waals surface area contributed by atoms with E-state index in [1.807, 2.05) is 0 Å². The van der Waals surface area contributed by atoms with Gasteiger partial charge < -0.3 is 26.1 Å². The van der Waals surface area contributed by atoms with Crippen LogP contribution < -0.4 is 20.7 Å². The average Bonchev–Trinajstić information content (AvgIpc) is 2.77. The molecule has 0 saturated carbocycles. The molecule has 11 heteroatoms. The Labute approximate surface area is 170 Å². The van der Waals surface area contributed by atoms with Gasteiger partial charge in [-0.3, -0.25) is 0 Å². The third kappa shape index (κ3) is 5.44. The van der Waals surface area contributed by atoms with Gasteiger partial charge in [-0.2, -0.15) is 0 Å². The first-order chi connectivity index (χ1) is 14.5. The van der Waals surface area contributed by atoms with Crippen LogP contribution in [0.2, 0.25) is 0 Å². The van der Waals surface area contributed by atoms with Crippen LogP contribution >= 0.6 is 0 Å². The maximum absolute atomic E-state index is 13.7. The molecule has 1 fully saturated rings. The lowest BCUT2D eigenvalue weighted by molar-refractivity contribution is 0.283. The van der Waals surface area contributed by atoms with Crippen LogP contribution in [0.15, 0.2) is 30.4 Å². The van der Waals surface area contributed by atoms with Gasteiger partial charge in [0.25, 0.3) is 0 Å². The van der Waals surface area contributed by atoms with E-state index in [-0.39, 0.29) is 17.8 Å². The van der Waals surface area contributed by atoms with Crippen molar-refractivity contribution < 1.29 is 22.3 Å². The molecule has 0 bridgehead atoms. The second kappa shape index (κ2) is 10.0. The van der Waals surface area contributed by atoms with Gasteiger partial charge in [0.15, 0.2) is 29.0 Å². The Morgan fingerprint density at radius 2 is 1.77 bits per heavy atom. The summed E-state index contributed by atoms with van der Waals surface area (Å²) in [7, 11) is 0. The molecule has 0 spiro atoms. The number of rotatable bonds is 8. The Hall–Kier alpha value is -3.21. The van der Waals surface area contributed by atoms with E-state index in [2.05, 4.69) is 25.9 Å². The number of piperidine rings is 1. The average molecular weight is 424 g/mol. The predicted molar refractivity (Wildman–Crippen MR) is 102 cm³/mol. The summed E-state index contributed by atoms with van der Waals surface area (Å²) in [6, 6.07) is 0.444. The predicted octanol–water partition coefficient (Wildman–Crippen LogP) is 2.86. The SMILES string of the molecule is N=C/C(=C\NC1CCNCC1)Nc1ncc(OCc2c(F)c(F)cc(F)c2F)cn1. The van der Waals surface area contributed by atoms with E-state index in [1.165, 1.54) is 12.4 Å². The third-order valence-electron chi connectivity index (χ3n) is 4.44. The highest BCUT2D eigenvalue weighted by molar-refractivity contribution is 5.79. The van der Waals surface area contributed by atoms with Gasteiger partial charge in [-0.15, -0.1) is 0 Å². The van der Waals surface area contributed by atoms with E-state index in [1.54, 1.807) is 6.20 Å². The molecule has 30 heavy (non-hydrogen) atoms. The lowest BCUT2D eigenvalue weighted by atomic mass is 10.1. The van der Waals surface area contributed by atoms with E-state index < -0.39 is 35.4 Å². The molecule has 1 saturated heterocycles. The minimum atomic E-state index is -1.52. The third-order valence-corrected chi connectivity index (χ3v) is 4.44. The van der Waals surface area contributed by atoms with Crippen molar-refractivity contribution in [2.75, 3.05) is 18.4 Å². The van der Waals surface area contributed by atoms with Gasteiger partial charge in [0.1, 0.15) is 6.61 Å². The number of allylic oxidation sites excluding steroid dienone is 1. The van der Waals surface area contributed by atoms with E-state index in [4.69, 9.17) is 10.1 Å². The number of benzene rings is 1. The Bertz CT molecular complexity index is 890. The summed E-state index contributed by atoms with van der Waals surface area (Å²) in [4.78, 5) is 7.98. The molecule has 0 amide bonds. The van der Waals surface area contributed by atoms with E-state index in [0.29, 0.717) is 11.7 Å². The van der Waals surface area contributed by atoms with Crippen LogP contribution in [0.5, 0.6) is 5.75 Å². The first-order valence-corrected chi connectivity index (χ1v) is 9.19. The highest BCUT2D eigenvalue weighted by Gasteiger charge is 2.19. The lowest BCUT2D eigenvalue weighted by Gasteiger charge is -2.23.